The number of guanidine groups is 1. The summed E-state index contributed by atoms with van der Waals surface area (Å²) in [4.78, 5) is 39.5. The molecule has 1 aromatic carbocycles. The van der Waals surface area contributed by atoms with E-state index in [0.29, 0.717) is 37.5 Å². The van der Waals surface area contributed by atoms with Crippen molar-refractivity contribution in [2.75, 3.05) is 11.9 Å². The summed E-state index contributed by atoms with van der Waals surface area (Å²) in [6.45, 7) is 0.930. The van der Waals surface area contributed by atoms with E-state index in [1.54, 1.807) is 29.7 Å². The number of amides is 1. The molecule has 0 radical (unpaired) electrons. The van der Waals surface area contributed by atoms with Crippen molar-refractivity contribution in [2.45, 2.75) is 19.4 Å². The summed E-state index contributed by atoms with van der Waals surface area (Å²) in [5, 5.41) is 8.12. The maximum absolute atomic E-state index is 12.4. The highest BCUT2D eigenvalue weighted by Crippen LogP contribution is 2.41. The second-order valence-corrected chi connectivity index (χ2v) is 8.86. The summed E-state index contributed by atoms with van der Waals surface area (Å²) in [6, 6.07) is 11.1. The molecule has 3 aliphatic rings. The van der Waals surface area contributed by atoms with Crippen molar-refractivity contribution >= 4 is 46.6 Å². The Morgan fingerprint density at radius 1 is 1.19 bits per heavy atom. The van der Waals surface area contributed by atoms with Crippen molar-refractivity contribution < 1.29 is 9.59 Å². The minimum atomic E-state index is -0.575. The molecule has 160 valence electrons. The van der Waals surface area contributed by atoms with E-state index in [0.717, 1.165) is 22.0 Å². The summed E-state index contributed by atoms with van der Waals surface area (Å²) in [7, 11) is 0. The van der Waals surface area contributed by atoms with E-state index in [2.05, 4.69) is 25.6 Å². The van der Waals surface area contributed by atoms with Gasteiger partial charge >= 0.3 is 0 Å². The highest BCUT2D eigenvalue weighted by atomic mass is 32.1. The van der Waals surface area contributed by atoms with Gasteiger partial charge in [-0.1, -0.05) is 12.1 Å². The first kappa shape index (κ1) is 20.3. The monoisotopic (exact) mass is 443 g/mol. The molecule has 1 spiro atoms. The first-order valence-electron chi connectivity index (χ1n) is 10.4. The van der Waals surface area contributed by atoms with Gasteiger partial charge in [0.15, 0.2) is 0 Å². The largest absolute Gasteiger partial charge is 0.347 e. The van der Waals surface area contributed by atoms with Crippen LogP contribution in [0.3, 0.4) is 0 Å². The van der Waals surface area contributed by atoms with Crippen LogP contribution >= 0.6 is 11.3 Å². The molecule has 8 heteroatoms. The molecule has 2 aromatic rings. The zero-order chi connectivity index (χ0) is 22.0. The molecule has 0 saturated carbocycles. The molecular weight excluding hydrogens is 422 g/mol. The molecule has 0 bridgehead atoms. The Kier molecular flexibility index (Phi) is 5.36. The molecule has 2 N–H and O–H groups in total. The predicted octanol–water partition coefficient (Wildman–Crippen LogP) is 3.77. The number of aliphatic imine (C=N–C) groups is 3. The maximum Gasteiger partial charge on any atom is 0.251 e. The highest BCUT2D eigenvalue weighted by Gasteiger charge is 2.44. The molecule has 2 aliphatic heterocycles. The zero-order valence-corrected chi connectivity index (χ0v) is 18.1. The van der Waals surface area contributed by atoms with E-state index in [1.165, 1.54) is 0 Å². The predicted molar refractivity (Wildman–Crippen MR) is 128 cm³/mol. The Balaban J connectivity index is 1.27. The van der Waals surface area contributed by atoms with Gasteiger partial charge in [0.1, 0.15) is 5.78 Å². The number of hydrogen-bond donors (Lipinski definition) is 2. The van der Waals surface area contributed by atoms with E-state index < -0.39 is 5.41 Å². The van der Waals surface area contributed by atoms with Gasteiger partial charge in [-0.05, 0) is 47.9 Å². The van der Waals surface area contributed by atoms with Crippen LogP contribution in [0.4, 0.5) is 5.69 Å². The van der Waals surface area contributed by atoms with Crippen molar-refractivity contribution in [3.8, 4) is 0 Å². The van der Waals surface area contributed by atoms with Gasteiger partial charge in [-0.15, -0.1) is 11.3 Å². The average molecular weight is 444 g/mol. The van der Waals surface area contributed by atoms with Gasteiger partial charge in [0, 0.05) is 35.2 Å². The van der Waals surface area contributed by atoms with Crippen molar-refractivity contribution in [3.05, 3.63) is 76.1 Å². The van der Waals surface area contributed by atoms with Gasteiger partial charge in [-0.3, -0.25) is 14.6 Å². The topological polar surface area (TPSA) is 95.3 Å². The minimum absolute atomic E-state index is 0.118. The maximum atomic E-state index is 12.4. The number of Topliss-reactive ketones (excluding diaryl/α,β-unsaturated/α-hetero) is 1. The number of carbonyl (C=O) groups is 2. The molecule has 0 fully saturated rings. The molecule has 7 nitrogen and oxygen atoms in total. The SMILES string of the molecule is O=C1CC=NC2=CC=CC3=NC(Nc4ccc(C(=O)NCc5cccs5)cc4)=NCC23C1. The average Bonchev–Trinajstić information content (AvgIpc) is 3.26. The van der Waals surface area contributed by atoms with Crippen LogP contribution in [0.1, 0.15) is 28.1 Å². The fourth-order valence-corrected chi connectivity index (χ4v) is 4.63. The number of thiophene rings is 1. The van der Waals surface area contributed by atoms with Crippen molar-refractivity contribution in [1.29, 1.82) is 0 Å². The zero-order valence-electron chi connectivity index (χ0n) is 17.2. The second kappa shape index (κ2) is 8.47. The molecule has 32 heavy (non-hydrogen) atoms. The second-order valence-electron chi connectivity index (χ2n) is 7.83. The van der Waals surface area contributed by atoms with Crippen molar-refractivity contribution in [2.24, 2.45) is 20.4 Å². The molecule has 1 atom stereocenters. The van der Waals surface area contributed by atoms with Gasteiger partial charge in [-0.2, -0.15) is 0 Å². The van der Waals surface area contributed by atoms with Crippen LogP contribution in [0.5, 0.6) is 0 Å². The third kappa shape index (κ3) is 3.97. The standard InChI is InChI=1S/C24H21N5O2S/c30-18-10-11-25-20-4-1-5-21-24(20,13-18)15-27-23(29-21)28-17-8-6-16(7-9-17)22(31)26-14-19-3-2-12-32-19/h1-9,11-12H,10,13-15H2,(H,26,31)(H,27,28). The number of nitrogens with zero attached hydrogens (tertiary/aromatic N) is 3. The molecule has 1 aliphatic carbocycles. The summed E-state index contributed by atoms with van der Waals surface area (Å²) in [6.07, 6.45) is 8.14. The smallest absolute Gasteiger partial charge is 0.251 e. The normalized spacial score (nSPS) is 21.5. The van der Waals surface area contributed by atoms with Crippen LogP contribution in [-0.2, 0) is 11.3 Å². The van der Waals surface area contributed by atoms with E-state index in [4.69, 9.17) is 0 Å². The number of hydrogen-bond acceptors (Lipinski definition) is 7. The lowest BCUT2D eigenvalue weighted by atomic mass is 9.72. The number of benzene rings is 1. The molecule has 1 unspecified atom stereocenters. The van der Waals surface area contributed by atoms with Crippen LogP contribution in [-0.4, -0.2) is 36.1 Å². The van der Waals surface area contributed by atoms with Crippen LogP contribution in [0.25, 0.3) is 0 Å². The van der Waals surface area contributed by atoms with Gasteiger partial charge < -0.3 is 10.6 Å². The first-order valence-corrected chi connectivity index (χ1v) is 11.2. The highest BCUT2D eigenvalue weighted by molar-refractivity contribution is 7.09. The van der Waals surface area contributed by atoms with Crippen LogP contribution in [0.15, 0.2) is 80.7 Å². The van der Waals surface area contributed by atoms with Crippen molar-refractivity contribution in [3.63, 3.8) is 0 Å². The van der Waals surface area contributed by atoms with Gasteiger partial charge in [0.2, 0.25) is 5.96 Å². The van der Waals surface area contributed by atoms with Crippen LogP contribution in [0, 0.1) is 5.41 Å². The number of ketones is 1. The molecule has 3 heterocycles. The Morgan fingerprint density at radius 3 is 2.88 bits per heavy atom. The van der Waals surface area contributed by atoms with Gasteiger partial charge in [0.05, 0.1) is 29.9 Å². The Bertz CT molecular complexity index is 1210. The van der Waals surface area contributed by atoms with Crippen LogP contribution in [0.2, 0.25) is 0 Å². The quantitative estimate of drug-likeness (QED) is 0.753. The molecular formula is C24H21N5O2S. The fourth-order valence-electron chi connectivity index (χ4n) is 3.99. The number of rotatable bonds is 4. The third-order valence-corrected chi connectivity index (χ3v) is 6.55. The molecule has 5 rings (SSSR count). The Morgan fingerprint density at radius 2 is 2.06 bits per heavy atom. The van der Waals surface area contributed by atoms with Gasteiger partial charge in [0.25, 0.3) is 5.91 Å². The summed E-state index contributed by atoms with van der Waals surface area (Å²) in [5.74, 6) is 0.499. The summed E-state index contributed by atoms with van der Waals surface area (Å²) in [5.41, 5.74) is 2.43. The van der Waals surface area contributed by atoms with E-state index in [-0.39, 0.29) is 11.7 Å². The lowest BCUT2D eigenvalue weighted by molar-refractivity contribution is -0.118. The van der Waals surface area contributed by atoms with Gasteiger partial charge in [-0.25, -0.2) is 9.98 Å². The van der Waals surface area contributed by atoms with Crippen LogP contribution < -0.4 is 10.6 Å². The van der Waals surface area contributed by atoms with E-state index in [1.807, 2.05) is 47.9 Å². The molecule has 1 aromatic heterocycles. The minimum Gasteiger partial charge on any atom is -0.347 e. The Hall–Kier alpha value is -3.65. The third-order valence-electron chi connectivity index (χ3n) is 5.67. The number of carbonyl (C=O) groups excluding carboxylic acids is 2. The van der Waals surface area contributed by atoms with E-state index >= 15 is 0 Å². The van der Waals surface area contributed by atoms with E-state index in [9.17, 15) is 9.59 Å². The number of allylic oxidation sites excluding steroid dienone is 3. The lowest BCUT2D eigenvalue weighted by Gasteiger charge is -2.35. The molecule has 1 amide bonds. The van der Waals surface area contributed by atoms with Crippen molar-refractivity contribution in [1.82, 2.24) is 5.32 Å². The summed E-state index contributed by atoms with van der Waals surface area (Å²) < 4.78 is 0. The fraction of sp³-hybridized carbons (Fsp3) is 0.208. The Labute approximate surface area is 189 Å². The first-order chi connectivity index (χ1) is 15.6. The number of anilines is 1. The lowest BCUT2D eigenvalue weighted by Crippen LogP contribution is -2.41. The molecule has 0 saturated heterocycles. The summed E-state index contributed by atoms with van der Waals surface area (Å²) >= 11 is 1.61. The number of nitrogens with one attached hydrogen (secondary N) is 2.